The van der Waals surface area contributed by atoms with Gasteiger partial charge in [-0.1, -0.05) is 13.3 Å². The number of aromatic nitrogens is 6. The molecule has 39 nitrogen and oxygen atoms in total. The Balaban J connectivity index is 1.08. The van der Waals surface area contributed by atoms with Crippen molar-refractivity contribution in [1.29, 1.82) is 0 Å². The summed E-state index contributed by atoms with van der Waals surface area (Å²) in [5.74, 6) is 1.80. The van der Waals surface area contributed by atoms with Crippen LogP contribution in [0.4, 0.5) is 0 Å². The molecule has 3 fully saturated rings. The van der Waals surface area contributed by atoms with Crippen molar-refractivity contribution in [3.8, 4) is 12.3 Å². The number of hydrogen-bond acceptors (Lipinski definition) is 27. The fourth-order valence-electron chi connectivity index (χ4n) is 8.96. The molecule has 92 heavy (non-hydrogen) atoms. The molecule has 0 aromatic carbocycles. The predicted octanol–water partition coefficient (Wildman–Crippen LogP) is 0.0475. The molecule has 0 saturated carbocycles. The molecule has 14 unspecified atom stereocenters. The number of aliphatic hydroxyl groups is 1. The first-order valence-corrected chi connectivity index (χ1v) is 36.2. The Bertz CT molecular complexity index is 3730. The van der Waals surface area contributed by atoms with Gasteiger partial charge < -0.3 is 63.9 Å². The summed E-state index contributed by atoms with van der Waals surface area (Å²) in [4.78, 5) is 155. The van der Waals surface area contributed by atoms with E-state index in [1.807, 2.05) is 4.98 Å². The number of nitrogens with one attached hydrogen (secondary N) is 3. The maximum atomic E-state index is 13.7. The molecule has 11 N–H and O–H groups in total. The third kappa shape index (κ3) is 22.9. The van der Waals surface area contributed by atoms with Crippen LogP contribution in [0.1, 0.15) is 93.7 Å². The first kappa shape index (κ1) is 76.2. The number of H-pyrrole nitrogens is 2. The van der Waals surface area contributed by atoms with Crippen LogP contribution in [0.2, 0.25) is 0 Å². The van der Waals surface area contributed by atoms with Crippen LogP contribution in [-0.2, 0) is 94.6 Å². The number of unbranched alkanes of at least 4 members (excludes halogenated alkanes) is 3. The highest BCUT2D eigenvalue weighted by Crippen LogP contribution is 2.52. The minimum Gasteiger partial charge on any atom is -0.390 e. The molecule has 0 bridgehead atoms. The summed E-state index contributed by atoms with van der Waals surface area (Å²) in [6.07, 6.45) is -3.26. The van der Waals surface area contributed by atoms with Gasteiger partial charge >= 0.3 is 55.7 Å². The van der Waals surface area contributed by atoms with Crippen LogP contribution in [0.15, 0.2) is 53.4 Å². The van der Waals surface area contributed by atoms with Crippen molar-refractivity contribution >= 4 is 50.6 Å². The number of amides is 1. The lowest BCUT2D eigenvalue weighted by molar-refractivity contribution is -0.221. The number of aryl methyl sites for hydroxylation is 2. The fraction of sp³-hybridized carbons (Fsp3) is 0.646. The van der Waals surface area contributed by atoms with Gasteiger partial charge in [0, 0.05) is 81.1 Å². The molecule has 0 aliphatic carbocycles. The van der Waals surface area contributed by atoms with Crippen LogP contribution in [0.5, 0.6) is 0 Å². The van der Waals surface area contributed by atoms with Gasteiger partial charge in [0.2, 0.25) is 5.91 Å². The van der Waals surface area contributed by atoms with E-state index in [0.29, 0.717) is 32.1 Å². The smallest absolute Gasteiger partial charge is 0.390 e. The standard InChI is InChI=1S/C48H73N8O31P5/c1-5-7-9-10-15-53-45(61)31(4)25-56(48(53)64)42-23-35(37(83-42)28-78-90(69,70)77-16-8-6-2)85-89(67,68)20-18-76-87-92(73,74)80-29-38-34(22-41(82-38)55-26-32(44(60)52-47(55)63)11-12-39(58)50-14-13-49)84-88(65,66)19-17-75-86-91(71,72)79-27-36-33(57)21-40(81-36)54-24-30(3)43(59)51-46(54)62/h1,11-12,24-26,33-38,40-42,57H,6-10,13-23,27-29,49H2,2-4H3,(H,50,58)(H,65,66)(H,67,68)(H,69,70)(H,71,72)(H,73,74)(H,51,59,62)(H,52,60,63)/b12-11+. The molecule has 3 aromatic rings. The molecule has 6 heterocycles. The van der Waals surface area contributed by atoms with Gasteiger partial charge in [-0.25, -0.2) is 37.9 Å². The van der Waals surface area contributed by atoms with E-state index in [2.05, 4.69) is 30.5 Å². The third-order valence-electron chi connectivity index (χ3n) is 13.6. The van der Waals surface area contributed by atoms with Gasteiger partial charge in [-0.2, -0.15) is 0 Å². The van der Waals surface area contributed by atoms with Gasteiger partial charge in [-0.3, -0.25) is 74.6 Å². The van der Waals surface area contributed by atoms with E-state index < -0.39 is 185 Å². The maximum Gasteiger partial charge on any atom is 0.499 e. The molecule has 3 aliphatic heterocycles. The van der Waals surface area contributed by atoms with Gasteiger partial charge in [-0.15, -0.1) is 21.7 Å². The average molecular weight is 1410 g/mol. The van der Waals surface area contributed by atoms with Crippen LogP contribution in [0.3, 0.4) is 0 Å². The van der Waals surface area contributed by atoms with Gasteiger partial charge in [-0.05, 0) is 39.2 Å². The van der Waals surface area contributed by atoms with Gasteiger partial charge in [0.1, 0.15) is 37.0 Å². The van der Waals surface area contributed by atoms with Gasteiger partial charge in [0.25, 0.3) is 16.7 Å². The summed E-state index contributed by atoms with van der Waals surface area (Å²) in [6.45, 7) is -0.0233. The molecule has 0 spiro atoms. The molecule has 14 atom stereocenters. The van der Waals surface area contributed by atoms with Crippen molar-refractivity contribution in [3.05, 3.63) is 104 Å². The van der Waals surface area contributed by atoms with Gasteiger partial charge in [0.05, 0.1) is 75.8 Å². The number of carbonyl (C=O) groups excluding carboxylic acids is 1. The Hall–Kier alpha value is -4.84. The van der Waals surface area contributed by atoms with Crippen LogP contribution >= 0.6 is 38.7 Å². The Morgan fingerprint density at radius 1 is 0.696 bits per heavy atom. The van der Waals surface area contributed by atoms with Crippen molar-refractivity contribution < 1.29 is 118 Å². The normalized spacial score (nSPS) is 25.0. The number of phosphoric ester groups is 3. The van der Waals surface area contributed by atoms with Crippen LogP contribution < -0.4 is 44.8 Å². The zero-order valence-corrected chi connectivity index (χ0v) is 54.1. The summed E-state index contributed by atoms with van der Waals surface area (Å²) in [6, 6.07) is 0. The Labute approximate surface area is 521 Å². The molecule has 44 heteroatoms. The Morgan fingerprint density at radius 3 is 1.77 bits per heavy atom. The van der Waals surface area contributed by atoms with Crippen molar-refractivity contribution in [2.45, 2.75) is 134 Å². The summed E-state index contributed by atoms with van der Waals surface area (Å²) >= 11 is 0. The molecular formula is C48H73N8O31P5. The van der Waals surface area contributed by atoms with E-state index >= 15 is 0 Å². The maximum absolute atomic E-state index is 13.7. The lowest BCUT2D eigenvalue weighted by Gasteiger charge is -2.23. The second-order valence-electron chi connectivity index (χ2n) is 20.7. The minimum atomic E-state index is -5.45. The topological polar surface area (TPSA) is 536 Å². The second kappa shape index (κ2) is 34.2. The highest BCUT2D eigenvalue weighted by atomic mass is 31.2. The number of aromatic amines is 2. The molecule has 3 aliphatic rings. The van der Waals surface area contributed by atoms with Crippen molar-refractivity contribution in [1.82, 2.24) is 33.6 Å². The number of aliphatic hydroxyl groups excluding tert-OH is 1. The van der Waals surface area contributed by atoms with E-state index in [1.165, 1.54) is 26.2 Å². The molecular weight excluding hydrogens is 1340 g/mol. The summed E-state index contributed by atoms with van der Waals surface area (Å²) in [5.41, 5.74) is 0.357. The largest absolute Gasteiger partial charge is 0.499 e. The Morgan fingerprint density at radius 2 is 1.21 bits per heavy atom. The molecule has 1 amide bonds. The van der Waals surface area contributed by atoms with E-state index in [-0.39, 0.29) is 55.8 Å². The molecule has 3 aromatic heterocycles. The molecule has 3 saturated heterocycles. The van der Waals surface area contributed by atoms with Crippen LogP contribution in [0.25, 0.3) is 6.08 Å². The first-order chi connectivity index (χ1) is 43.3. The second-order valence-corrected chi connectivity index (χ2v) is 28.7. The predicted molar refractivity (Wildman–Crippen MR) is 314 cm³/mol. The average Bonchev–Trinajstić information content (AvgIpc) is 1.62. The number of nitrogens with two attached hydrogens (primary N) is 1. The van der Waals surface area contributed by atoms with Gasteiger partial charge in [0.15, 0.2) is 0 Å². The minimum absolute atomic E-state index is 0.0153. The lowest BCUT2D eigenvalue weighted by atomic mass is 10.2. The van der Waals surface area contributed by atoms with E-state index in [1.54, 1.807) is 6.92 Å². The molecule has 0 radical (unpaired) electrons. The monoisotopic (exact) mass is 1410 g/mol. The number of hydrogen-bond donors (Lipinski definition) is 10. The lowest BCUT2D eigenvalue weighted by Crippen LogP contribution is -2.42. The van der Waals surface area contributed by atoms with E-state index in [0.717, 1.165) is 36.6 Å². The fourth-order valence-corrected chi connectivity index (χ4v) is 13.0. The number of rotatable bonds is 38. The highest BCUT2D eigenvalue weighted by molar-refractivity contribution is 7.53. The number of nitrogens with zero attached hydrogens (tertiary/aromatic N) is 4. The first-order valence-electron chi connectivity index (χ1n) is 28.2. The van der Waals surface area contributed by atoms with Crippen molar-refractivity contribution in [2.24, 2.45) is 5.73 Å². The highest BCUT2D eigenvalue weighted by Gasteiger charge is 2.46. The van der Waals surface area contributed by atoms with Crippen LogP contribution in [0, 0.1) is 26.2 Å². The quantitative estimate of drug-likeness (QED) is 0.00904. The Kier molecular flexibility index (Phi) is 28.3. The third-order valence-corrected chi connectivity index (χ3v) is 18.8. The summed E-state index contributed by atoms with van der Waals surface area (Å²) in [5, 5.41) is 12.9. The number of ether oxygens (including phenoxy) is 3. The zero-order valence-electron chi connectivity index (χ0n) is 49.6. The van der Waals surface area contributed by atoms with Crippen LogP contribution in [-0.4, -0.2) is 165 Å². The number of terminal acetylenes is 1. The number of phosphoric acid groups is 3. The van der Waals surface area contributed by atoms with Crippen molar-refractivity contribution in [2.75, 3.05) is 65.1 Å². The molecule has 516 valence electrons. The zero-order chi connectivity index (χ0) is 67.8. The molecule has 6 rings (SSSR count). The number of carbonyl (C=O) groups is 1. The van der Waals surface area contributed by atoms with E-state index in [4.69, 9.17) is 58.4 Å². The SMILES string of the molecule is C#CCCCCn1c(=O)c(C)cn(C2CC(OP(=O)(O)CCOOP(=O)(O)OCC3OC(n4cc(/C=C/C(=O)NCCN)c(=O)[nH]c4=O)CC3OP(=O)(O)CCOOP(=O)(O)OCC3OC(n4cc(C)c(=O)[nH]c4=O)CC3O)C(COP(=O)(O)OCCCC)O2)c1=O. The summed E-state index contributed by atoms with van der Waals surface area (Å²) < 4.78 is 127. The van der Waals surface area contributed by atoms with Crippen molar-refractivity contribution in [3.63, 3.8) is 0 Å². The van der Waals surface area contributed by atoms with E-state index in [9.17, 15) is 86.0 Å². The summed E-state index contributed by atoms with van der Waals surface area (Å²) in [7, 11) is -25.3.